The number of anilines is 1. The van der Waals surface area contributed by atoms with Crippen molar-refractivity contribution in [2.75, 3.05) is 26.0 Å². The number of furan rings is 1. The number of hydrogen-bond acceptors (Lipinski definition) is 7. The molecule has 0 aliphatic heterocycles. The van der Waals surface area contributed by atoms with E-state index in [1.165, 1.54) is 4.90 Å². The molecule has 0 bridgehead atoms. The van der Waals surface area contributed by atoms with Crippen LogP contribution in [-0.2, 0) is 20.7 Å². The molecule has 0 saturated carbocycles. The van der Waals surface area contributed by atoms with E-state index in [1.54, 1.807) is 44.6 Å². The summed E-state index contributed by atoms with van der Waals surface area (Å²) >= 11 is 0. The molecule has 0 saturated heterocycles. The number of ether oxygens (including phenoxy) is 1. The van der Waals surface area contributed by atoms with Gasteiger partial charge >= 0.3 is 5.97 Å². The molecule has 2 aromatic carbocycles. The molecule has 40 heavy (non-hydrogen) atoms. The lowest BCUT2D eigenvalue weighted by atomic mass is 9.86. The highest BCUT2D eigenvalue weighted by Gasteiger charge is 2.26. The maximum atomic E-state index is 13.3. The Labute approximate surface area is 231 Å². The first-order valence-corrected chi connectivity index (χ1v) is 12.6. The second-order valence-electron chi connectivity index (χ2n) is 9.22. The monoisotopic (exact) mass is 536 g/mol. The van der Waals surface area contributed by atoms with Crippen molar-refractivity contribution < 1.29 is 23.5 Å². The Morgan fingerprint density at radius 1 is 1.10 bits per heavy atom. The zero-order valence-corrected chi connectivity index (χ0v) is 22.2. The number of amides is 2. The van der Waals surface area contributed by atoms with E-state index in [9.17, 15) is 19.6 Å². The number of para-hydroxylation sites is 2. The Kier molecular flexibility index (Phi) is 9.05. The molecule has 0 radical (unpaired) electrons. The fraction of sp³-hybridized carbons (Fsp3) is 0.194. The van der Waals surface area contributed by atoms with Crippen molar-refractivity contribution in [3.8, 4) is 6.07 Å². The summed E-state index contributed by atoms with van der Waals surface area (Å²) < 4.78 is 10.9. The molecule has 202 valence electrons. The Morgan fingerprint density at radius 3 is 2.58 bits per heavy atom. The summed E-state index contributed by atoms with van der Waals surface area (Å²) in [5.41, 5.74) is 4.37. The van der Waals surface area contributed by atoms with Crippen LogP contribution in [0, 0.1) is 11.3 Å². The quantitative estimate of drug-likeness (QED) is 0.269. The summed E-state index contributed by atoms with van der Waals surface area (Å²) in [7, 11) is 3.38. The maximum Gasteiger partial charge on any atom is 0.339 e. The second-order valence-corrected chi connectivity index (χ2v) is 9.22. The van der Waals surface area contributed by atoms with Crippen LogP contribution in [0.1, 0.15) is 45.8 Å². The summed E-state index contributed by atoms with van der Waals surface area (Å²) in [6.07, 6.45) is 6.66. The third-order valence-corrected chi connectivity index (χ3v) is 6.10. The van der Waals surface area contributed by atoms with Crippen LogP contribution in [-0.4, -0.2) is 48.9 Å². The standard InChI is InChI=1S/C28H21N3O4.C3H7NO/c29-16-19-7-1-3-12-23(19)30-25(32)17-35-28(33)26-21-10-2-4-13-24(21)31-27-18(8-5-11-22(26)27)15-20-9-6-14-34-20;1-4(2)3-5/h1-4,6-7,9-10,12-15H,5,8,11,17H2,(H,30,32);3H,1-2H3. The van der Waals surface area contributed by atoms with Gasteiger partial charge < -0.3 is 19.4 Å². The van der Waals surface area contributed by atoms with Gasteiger partial charge in [-0.25, -0.2) is 9.78 Å². The van der Waals surface area contributed by atoms with E-state index in [0.29, 0.717) is 34.1 Å². The van der Waals surface area contributed by atoms with E-state index in [0.717, 1.165) is 41.8 Å². The average molecular weight is 537 g/mol. The molecule has 9 nitrogen and oxygen atoms in total. The average Bonchev–Trinajstić information content (AvgIpc) is 3.48. The van der Waals surface area contributed by atoms with Crippen molar-refractivity contribution in [1.82, 2.24) is 9.88 Å². The highest BCUT2D eigenvalue weighted by Crippen LogP contribution is 2.36. The SMILES string of the molecule is CN(C)C=O.N#Cc1ccccc1NC(=O)COC(=O)c1c2c(nc3ccccc13)C(=Cc1ccco1)CCC2. The first-order valence-electron chi connectivity index (χ1n) is 12.6. The van der Waals surface area contributed by atoms with E-state index in [-0.39, 0.29) is 0 Å². The predicted molar refractivity (Wildman–Crippen MR) is 151 cm³/mol. The molecule has 0 spiro atoms. The van der Waals surface area contributed by atoms with Gasteiger partial charge in [-0.3, -0.25) is 9.59 Å². The molecule has 2 heterocycles. The number of rotatable bonds is 6. The van der Waals surface area contributed by atoms with Gasteiger partial charge in [0.25, 0.3) is 5.91 Å². The lowest BCUT2D eigenvalue weighted by Gasteiger charge is -2.22. The van der Waals surface area contributed by atoms with Crippen molar-refractivity contribution >= 4 is 46.5 Å². The van der Waals surface area contributed by atoms with Gasteiger partial charge in [-0.15, -0.1) is 0 Å². The lowest BCUT2D eigenvalue weighted by molar-refractivity contribution is -0.119. The Bertz CT molecular complexity index is 1600. The summed E-state index contributed by atoms with van der Waals surface area (Å²) in [6.45, 7) is -0.473. The number of hydrogen-bond donors (Lipinski definition) is 1. The maximum absolute atomic E-state index is 13.3. The first-order chi connectivity index (χ1) is 19.4. The molecule has 9 heteroatoms. The highest BCUT2D eigenvalue weighted by molar-refractivity contribution is 6.07. The fourth-order valence-corrected chi connectivity index (χ4v) is 4.33. The van der Waals surface area contributed by atoms with E-state index < -0.39 is 18.5 Å². The van der Waals surface area contributed by atoms with E-state index >= 15 is 0 Å². The number of nitriles is 1. The number of benzene rings is 2. The number of allylic oxidation sites excluding steroid dienone is 1. The second kappa shape index (κ2) is 13.0. The zero-order chi connectivity index (χ0) is 28.5. The van der Waals surface area contributed by atoms with E-state index in [1.807, 2.05) is 48.5 Å². The van der Waals surface area contributed by atoms with Crippen LogP contribution >= 0.6 is 0 Å². The highest BCUT2D eigenvalue weighted by atomic mass is 16.5. The summed E-state index contributed by atoms with van der Waals surface area (Å²) in [5, 5.41) is 12.5. The number of carbonyl (C=O) groups excluding carboxylic acids is 3. The van der Waals surface area contributed by atoms with Crippen molar-refractivity contribution in [2.45, 2.75) is 19.3 Å². The van der Waals surface area contributed by atoms with Crippen molar-refractivity contribution in [1.29, 1.82) is 5.26 Å². The number of nitrogens with one attached hydrogen (secondary N) is 1. The van der Waals surface area contributed by atoms with Gasteiger partial charge in [-0.1, -0.05) is 30.3 Å². The van der Waals surface area contributed by atoms with Crippen LogP contribution in [0.5, 0.6) is 0 Å². The number of esters is 1. The van der Waals surface area contributed by atoms with Gasteiger partial charge in [0.2, 0.25) is 6.41 Å². The molecule has 0 unspecified atom stereocenters. The van der Waals surface area contributed by atoms with Crippen LogP contribution in [0.4, 0.5) is 5.69 Å². The predicted octanol–water partition coefficient (Wildman–Crippen LogP) is 5.08. The van der Waals surface area contributed by atoms with E-state index in [4.69, 9.17) is 14.1 Å². The van der Waals surface area contributed by atoms with Crippen LogP contribution < -0.4 is 5.32 Å². The summed E-state index contributed by atoms with van der Waals surface area (Å²) in [4.78, 5) is 41.5. The molecule has 2 aromatic heterocycles. The van der Waals surface area contributed by atoms with Crippen LogP contribution in [0.3, 0.4) is 0 Å². The Balaban J connectivity index is 0.000000681. The normalized spacial score (nSPS) is 12.9. The van der Waals surface area contributed by atoms with Crippen LogP contribution in [0.25, 0.3) is 22.6 Å². The topological polar surface area (TPSA) is 126 Å². The number of aromatic nitrogens is 1. The third kappa shape index (κ3) is 6.60. The van der Waals surface area contributed by atoms with Crippen molar-refractivity contribution in [3.05, 3.63) is 95.1 Å². The molecular formula is C31H28N4O5. The molecular weight excluding hydrogens is 508 g/mol. The molecule has 2 amide bonds. The van der Waals surface area contributed by atoms with Gasteiger partial charge in [0.15, 0.2) is 6.61 Å². The number of nitrogens with zero attached hydrogens (tertiary/aromatic N) is 3. The molecule has 1 N–H and O–H groups in total. The minimum absolute atomic E-state index is 0.331. The van der Waals surface area contributed by atoms with Crippen LogP contribution in [0.2, 0.25) is 0 Å². The molecule has 1 aliphatic carbocycles. The summed E-state index contributed by atoms with van der Waals surface area (Å²) in [6, 6.07) is 19.8. The van der Waals surface area contributed by atoms with Gasteiger partial charge in [-0.05, 0) is 66.8 Å². The van der Waals surface area contributed by atoms with Crippen molar-refractivity contribution in [2.24, 2.45) is 0 Å². The zero-order valence-electron chi connectivity index (χ0n) is 22.2. The Morgan fingerprint density at radius 2 is 1.85 bits per heavy atom. The molecule has 0 atom stereocenters. The first kappa shape index (κ1) is 27.8. The number of pyridine rings is 1. The minimum Gasteiger partial charge on any atom is -0.465 e. The molecule has 0 fully saturated rings. The largest absolute Gasteiger partial charge is 0.465 e. The van der Waals surface area contributed by atoms with Gasteiger partial charge in [0, 0.05) is 19.5 Å². The van der Waals surface area contributed by atoms with Gasteiger partial charge in [0.05, 0.1) is 34.3 Å². The van der Waals surface area contributed by atoms with Gasteiger partial charge in [0.1, 0.15) is 11.8 Å². The van der Waals surface area contributed by atoms with Gasteiger partial charge in [-0.2, -0.15) is 5.26 Å². The molecule has 5 rings (SSSR count). The number of fused-ring (bicyclic) bond motifs is 2. The Hall–Kier alpha value is -5.23. The van der Waals surface area contributed by atoms with Crippen molar-refractivity contribution in [3.63, 3.8) is 0 Å². The van der Waals surface area contributed by atoms with E-state index in [2.05, 4.69) is 5.32 Å². The molecule has 1 aliphatic rings. The fourth-order valence-electron chi connectivity index (χ4n) is 4.33. The lowest BCUT2D eigenvalue weighted by Crippen LogP contribution is -2.23. The smallest absolute Gasteiger partial charge is 0.339 e. The third-order valence-electron chi connectivity index (χ3n) is 6.10. The minimum atomic E-state index is -0.581. The number of carbonyl (C=O) groups is 3. The summed E-state index contributed by atoms with van der Waals surface area (Å²) in [5.74, 6) is -0.379. The van der Waals surface area contributed by atoms with Crippen LogP contribution in [0.15, 0.2) is 71.3 Å². The molecule has 4 aromatic rings.